The lowest BCUT2D eigenvalue weighted by Crippen LogP contribution is -2.33. The fourth-order valence-electron chi connectivity index (χ4n) is 2.00. The molecule has 0 aliphatic heterocycles. The predicted molar refractivity (Wildman–Crippen MR) is 85.1 cm³/mol. The van der Waals surface area contributed by atoms with E-state index < -0.39 is 0 Å². The molecule has 0 saturated carbocycles. The van der Waals surface area contributed by atoms with Gasteiger partial charge in [-0.25, -0.2) is 0 Å². The molecule has 4 heteroatoms. The van der Waals surface area contributed by atoms with E-state index in [1.807, 2.05) is 11.9 Å². The molecule has 0 heterocycles. The summed E-state index contributed by atoms with van der Waals surface area (Å²) >= 11 is 0. The number of hydrogen-bond acceptors (Lipinski definition) is 3. The number of rotatable bonds is 7. The van der Waals surface area contributed by atoms with Crippen LogP contribution in [0.25, 0.3) is 0 Å². The fraction of sp³-hybridized carbons (Fsp3) is 0.562. The van der Waals surface area contributed by atoms with Crippen LogP contribution >= 0.6 is 0 Å². The van der Waals surface area contributed by atoms with Crippen LogP contribution in [-0.4, -0.2) is 33.1 Å². The van der Waals surface area contributed by atoms with E-state index in [9.17, 15) is 4.79 Å². The van der Waals surface area contributed by atoms with Crippen LogP contribution in [0.4, 0.5) is 5.69 Å². The molecule has 1 amide bonds. The Kier molecular flexibility index (Phi) is 6.52. The van der Waals surface area contributed by atoms with E-state index in [-0.39, 0.29) is 5.91 Å². The molecule has 0 bridgehead atoms. The van der Waals surface area contributed by atoms with E-state index in [1.54, 1.807) is 7.05 Å². The number of hydrogen-bond donors (Lipinski definition) is 2. The molecule has 0 fully saturated rings. The molecule has 0 aliphatic carbocycles. The smallest absolute Gasteiger partial charge is 0.239 e. The molecule has 1 rings (SSSR count). The van der Waals surface area contributed by atoms with Crippen LogP contribution in [0, 0.1) is 12.8 Å². The summed E-state index contributed by atoms with van der Waals surface area (Å²) in [5.74, 6) is 0.682. The highest BCUT2D eigenvalue weighted by Crippen LogP contribution is 2.18. The summed E-state index contributed by atoms with van der Waals surface area (Å²) < 4.78 is 0. The molecule has 0 saturated heterocycles. The van der Waals surface area contributed by atoms with Crippen molar-refractivity contribution in [2.45, 2.75) is 27.3 Å². The molecular formula is C16H27N3O. The molecule has 4 nitrogen and oxygen atoms in total. The Morgan fingerprint density at radius 1 is 1.35 bits per heavy atom. The molecular weight excluding hydrogens is 250 g/mol. The maximum Gasteiger partial charge on any atom is 0.239 e. The van der Waals surface area contributed by atoms with Gasteiger partial charge in [0.1, 0.15) is 0 Å². The zero-order chi connectivity index (χ0) is 15.1. The summed E-state index contributed by atoms with van der Waals surface area (Å²) in [6.45, 7) is 8.82. The lowest BCUT2D eigenvalue weighted by molar-refractivity contribution is -0.119. The fourth-order valence-corrected chi connectivity index (χ4v) is 2.00. The molecule has 0 aromatic heterocycles. The lowest BCUT2D eigenvalue weighted by atomic mass is 10.1. The van der Waals surface area contributed by atoms with Gasteiger partial charge in [-0.1, -0.05) is 19.9 Å². The third-order valence-electron chi connectivity index (χ3n) is 3.29. The topological polar surface area (TPSA) is 44.4 Å². The van der Waals surface area contributed by atoms with Gasteiger partial charge in [0, 0.05) is 26.3 Å². The number of benzene rings is 1. The molecule has 20 heavy (non-hydrogen) atoms. The molecule has 0 aliphatic rings. The highest BCUT2D eigenvalue weighted by Gasteiger charge is 2.07. The van der Waals surface area contributed by atoms with Gasteiger partial charge in [-0.05, 0) is 42.6 Å². The molecule has 112 valence electrons. The van der Waals surface area contributed by atoms with Crippen molar-refractivity contribution < 1.29 is 4.79 Å². The molecule has 0 radical (unpaired) electrons. The van der Waals surface area contributed by atoms with Crippen LogP contribution in [0.15, 0.2) is 18.2 Å². The summed E-state index contributed by atoms with van der Waals surface area (Å²) in [4.78, 5) is 13.3. The molecule has 1 aromatic carbocycles. The normalized spacial score (nSPS) is 10.7. The van der Waals surface area contributed by atoms with Crippen LogP contribution in [0.3, 0.4) is 0 Å². The second-order valence-corrected chi connectivity index (χ2v) is 5.66. The van der Waals surface area contributed by atoms with Crippen molar-refractivity contribution in [3.63, 3.8) is 0 Å². The number of nitrogens with one attached hydrogen (secondary N) is 2. The standard InChI is InChI=1S/C16H27N3O/c1-12(2)9-18-10-14-6-7-15(8-13(14)3)19(5)11-16(20)17-4/h6-8,12,18H,9-11H2,1-5H3,(H,17,20). The minimum Gasteiger partial charge on any atom is -0.365 e. The Bertz CT molecular complexity index is 443. The zero-order valence-corrected chi connectivity index (χ0v) is 13.3. The summed E-state index contributed by atoms with van der Waals surface area (Å²) in [5, 5.41) is 6.09. The first-order valence-electron chi connectivity index (χ1n) is 7.16. The Labute approximate surface area is 122 Å². The van der Waals surface area contributed by atoms with Gasteiger partial charge < -0.3 is 15.5 Å². The van der Waals surface area contributed by atoms with Crippen molar-refractivity contribution in [1.82, 2.24) is 10.6 Å². The maximum absolute atomic E-state index is 11.4. The van der Waals surface area contributed by atoms with Crippen LogP contribution < -0.4 is 15.5 Å². The molecule has 2 N–H and O–H groups in total. The monoisotopic (exact) mass is 277 g/mol. The van der Waals surface area contributed by atoms with E-state index >= 15 is 0 Å². The molecule has 0 spiro atoms. The second kappa shape index (κ2) is 7.90. The Morgan fingerprint density at radius 2 is 2.05 bits per heavy atom. The molecule has 0 atom stereocenters. The predicted octanol–water partition coefficient (Wildman–Crippen LogP) is 1.92. The van der Waals surface area contributed by atoms with Crippen molar-refractivity contribution in [1.29, 1.82) is 0 Å². The van der Waals surface area contributed by atoms with Gasteiger partial charge in [-0.3, -0.25) is 4.79 Å². The number of amides is 1. The van der Waals surface area contributed by atoms with Crippen molar-refractivity contribution in [2.24, 2.45) is 5.92 Å². The van der Waals surface area contributed by atoms with Gasteiger partial charge >= 0.3 is 0 Å². The third kappa shape index (κ3) is 5.21. The van der Waals surface area contributed by atoms with Gasteiger partial charge in [0.15, 0.2) is 0 Å². The average molecular weight is 277 g/mol. The zero-order valence-electron chi connectivity index (χ0n) is 13.3. The summed E-state index contributed by atoms with van der Waals surface area (Å²) in [5.41, 5.74) is 3.63. The third-order valence-corrected chi connectivity index (χ3v) is 3.29. The van der Waals surface area contributed by atoms with Gasteiger partial charge in [0.05, 0.1) is 6.54 Å². The summed E-state index contributed by atoms with van der Waals surface area (Å²) in [7, 11) is 3.59. The van der Waals surface area contributed by atoms with E-state index in [2.05, 4.69) is 49.6 Å². The largest absolute Gasteiger partial charge is 0.365 e. The Balaban J connectivity index is 2.65. The van der Waals surface area contributed by atoms with Crippen molar-refractivity contribution in [3.05, 3.63) is 29.3 Å². The number of nitrogens with zero attached hydrogens (tertiary/aromatic N) is 1. The van der Waals surface area contributed by atoms with Gasteiger partial charge in [0.2, 0.25) is 5.91 Å². The van der Waals surface area contributed by atoms with Crippen molar-refractivity contribution in [3.8, 4) is 0 Å². The van der Waals surface area contributed by atoms with Crippen LogP contribution in [0.5, 0.6) is 0 Å². The van der Waals surface area contributed by atoms with Crippen LogP contribution in [0.1, 0.15) is 25.0 Å². The second-order valence-electron chi connectivity index (χ2n) is 5.66. The molecule has 1 aromatic rings. The van der Waals surface area contributed by atoms with Gasteiger partial charge in [0.25, 0.3) is 0 Å². The van der Waals surface area contributed by atoms with E-state index in [0.29, 0.717) is 12.5 Å². The van der Waals surface area contributed by atoms with Crippen molar-refractivity contribution in [2.75, 3.05) is 32.1 Å². The quantitative estimate of drug-likeness (QED) is 0.800. The van der Waals surface area contributed by atoms with Crippen molar-refractivity contribution >= 4 is 11.6 Å². The summed E-state index contributed by atoms with van der Waals surface area (Å²) in [6, 6.07) is 6.34. The number of carbonyl (C=O) groups excluding carboxylic acids is 1. The Hall–Kier alpha value is -1.55. The minimum absolute atomic E-state index is 0.0211. The molecule has 0 unspecified atom stereocenters. The summed E-state index contributed by atoms with van der Waals surface area (Å²) in [6.07, 6.45) is 0. The SMILES string of the molecule is CNC(=O)CN(C)c1ccc(CNCC(C)C)c(C)c1. The average Bonchev–Trinajstić information content (AvgIpc) is 2.39. The number of likely N-dealkylation sites (N-methyl/N-ethyl adjacent to an activating group) is 2. The van der Waals surface area contributed by atoms with E-state index in [0.717, 1.165) is 18.8 Å². The number of anilines is 1. The Morgan fingerprint density at radius 3 is 2.60 bits per heavy atom. The van der Waals surface area contributed by atoms with Crippen LogP contribution in [-0.2, 0) is 11.3 Å². The highest BCUT2D eigenvalue weighted by atomic mass is 16.1. The van der Waals surface area contributed by atoms with Gasteiger partial charge in [-0.15, -0.1) is 0 Å². The highest BCUT2D eigenvalue weighted by molar-refractivity contribution is 5.80. The minimum atomic E-state index is 0.0211. The first kappa shape index (κ1) is 16.5. The number of aryl methyl sites for hydroxylation is 1. The first-order chi connectivity index (χ1) is 9.43. The van der Waals surface area contributed by atoms with Gasteiger partial charge in [-0.2, -0.15) is 0 Å². The lowest BCUT2D eigenvalue weighted by Gasteiger charge is -2.20. The maximum atomic E-state index is 11.4. The number of carbonyl (C=O) groups is 1. The van der Waals surface area contributed by atoms with E-state index in [1.165, 1.54) is 11.1 Å². The van der Waals surface area contributed by atoms with Crippen LogP contribution in [0.2, 0.25) is 0 Å². The van der Waals surface area contributed by atoms with E-state index in [4.69, 9.17) is 0 Å². The first-order valence-corrected chi connectivity index (χ1v) is 7.16.